The molecule has 0 aliphatic rings. The number of allylic oxidation sites excluding steroid dienone is 1. The van der Waals surface area contributed by atoms with E-state index in [1.165, 1.54) is 12.1 Å². The van der Waals surface area contributed by atoms with Crippen molar-refractivity contribution in [3.63, 3.8) is 0 Å². The fraction of sp³-hybridized carbons (Fsp3) is 0.200. The minimum absolute atomic E-state index is 0.0353. The Labute approximate surface area is 99.0 Å². The van der Waals surface area contributed by atoms with Crippen LogP contribution >= 0.6 is 11.6 Å². The van der Waals surface area contributed by atoms with E-state index >= 15 is 0 Å². The second-order valence-electron chi connectivity index (χ2n) is 2.93. The first-order valence-electron chi connectivity index (χ1n) is 4.52. The van der Waals surface area contributed by atoms with Crippen LogP contribution in [0.4, 0.5) is 4.39 Å². The van der Waals surface area contributed by atoms with Gasteiger partial charge in [-0.2, -0.15) is 0 Å². The topological polar surface area (TPSA) is 46.2 Å². The number of hydrogen-bond acceptors (Lipinski definition) is 2. The van der Waals surface area contributed by atoms with E-state index in [9.17, 15) is 12.8 Å². The van der Waals surface area contributed by atoms with Crippen molar-refractivity contribution >= 4 is 21.6 Å². The predicted molar refractivity (Wildman–Crippen MR) is 61.4 cm³/mol. The molecule has 1 aromatic rings. The van der Waals surface area contributed by atoms with Crippen molar-refractivity contribution in [3.05, 3.63) is 42.2 Å². The number of sulfonamides is 1. The molecule has 6 heteroatoms. The van der Waals surface area contributed by atoms with Crippen molar-refractivity contribution in [2.45, 2.75) is 4.90 Å². The highest BCUT2D eigenvalue weighted by molar-refractivity contribution is 7.89. The van der Waals surface area contributed by atoms with Crippen molar-refractivity contribution in [1.82, 2.24) is 4.72 Å². The molecule has 0 aliphatic heterocycles. The molecule has 0 saturated carbocycles. The molecule has 0 fully saturated rings. The summed E-state index contributed by atoms with van der Waals surface area (Å²) in [5.41, 5.74) is 0. The summed E-state index contributed by atoms with van der Waals surface area (Å²) in [6, 6.07) is 4.62. The average Bonchev–Trinajstić information content (AvgIpc) is 2.25. The van der Waals surface area contributed by atoms with Gasteiger partial charge < -0.3 is 0 Å². The maximum atomic E-state index is 12.6. The summed E-state index contributed by atoms with van der Waals surface area (Å²) in [5.74, 6) is -0.140. The summed E-state index contributed by atoms with van der Waals surface area (Å²) in [6.45, 7) is 0.159. The normalized spacial score (nSPS) is 12.1. The van der Waals surface area contributed by atoms with Gasteiger partial charge in [0.05, 0.1) is 4.90 Å². The summed E-state index contributed by atoms with van der Waals surface area (Å²) < 4.78 is 38.1. The fourth-order valence-electron chi connectivity index (χ4n) is 1.00. The van der Waals surface area contributed by atoms with Crippen LogP contribution in [-0.2, 0) is 10.0 Å². The van der Waals surface area contributed by atoms with Crippen LogP contribution in [0.2, 0.25) is 0 Å². The number of hydrogen-bond donors (Lipinski definition) is 1. The summed E-state index contributed by atoms with van der Waals surface area (Å²) >= 11 is 5.38. The van der Waals surface area contributed by atoms with Gasteiger partial charge in [0.15, 0.2) is 0 Å². The third-order valence-corrected chi connectivity index (χ3v) is 3.39. The molecule has 0 radical (unpaired) electrons. The van der Waals surface area contributed by atoms with Crippen LogP contribution in [0.3, 0.4) is 0 Å². The van der Waals surface area contributed by atoms with Gasteiger partial charge in [0.1, 0.15) is 5.82 Å². The van der Waals surface area contributed by atoms with Gasteiger partial charge in [-0.15, -0.1) is 11.6 Å². The maximum absolute atomic E-state index is 12.6. The van der Waals surface area contributed by atoms with Gasteiger partial charge in [-0.25, -0.2) is 17.5 Å². The van der Waals surface area contributed by atoms with E-state index in [4.69, 9.17) is 11.6 Å². The van der Waals surface area contributed by atoms with Crippen LogP contribution in [0.1, 0.15) is 0 Å². The quantitative estimate of drug-likeness (QED) is 0.651. The Bertz CT molecular complexity index is 456. The Balaban J connectivity index is 2.71. The lowest BCUT2D eigenvalue weighted by atomic mass is 10.4. The lowest BCUT2D eigenvalue weighted by molar-refractivity contribution is 0.584. The van der Waals surface area contributed by atoms with Gasteiger partial charge in [0.2, 0.25) is 10.0 Å². The third kappa shape index (κ3) is 3.92. The van der Waals surface area contributed by atoms with Gasteiger partial charge in [-0.1, -0.05) is 12.2 Å². The Morgan fingerprint density at radius 2 is 1.88 bits per heavy atom. The van der Waals surface area contributed by atoms with Crippen molar-refractivity contribution < 1.29 is 12.8 Å². The Morgan fingerprint density at radius 3 is 2.44 bits per heavy atom. The van der Waals surface area contributed by atoms with E-state index in [1.807, 2.05) is 0 Å². The van der Waals surface area contributed by atoms with E-state index in [1.54, 1.807) is 12.2 Å². The number of rotatable bonds is 5. The van der Waals surface area contributed by atoms with Crippen molar-refractivity contribution in [3.8, 4) is 0 Å². The number of benzene rings is 1. The van der Waals surface area contributed by atoms with Crippen LogP contribution in [-0.4, -0.2) is 20.8 Å². The zero-order valence-electron chi connectivity index (χ0n) is 8.36. The largest absolute Gasteiger partial charge is 0.240 e. The minimum atomic E-state index is -3.57. The van der Waals surface area contributed by atoms with Crippen LogP contribution in [0.5, 0.6) is 0 Å². The molecule has 0 amide bonds. The van der Waals surface area contributed by atoms with Gasteiger partial charge in [-0.3, -0.25) is 0 Å². The lowest BCUT2D eigenvalue weighted by Gasteiger charge is -2.03. The summed E-state index contributed by atoms with van der Waals surface area (Å²) in [5, 5.41) is 0. The summed E-state index contributed by atoms with van der Waals surface area (Å²) in [4.78, 5) is 0.0353. The van der Waals surface area contributed by atoms with Crippen LogP contribution in [0.15, 0.2) is 41.3 Å². The number of alkyl halides is 1. The second-order valence-corrected chi connectivity index (χ2v) is 5.01. The first-order valence-corrected chi connectivity index (χ1v) is 6.54. The van der Waals surface area contributed by atoms with Gasteiger partial charge in [-0.05, 0) is 24.3 Å². The van der Waals surface area contributed by atoms with E-state index in [-0.39, 0.29) is 11.4 Å². The molecule has 1 N–H and O–H groups in total. The van der Waals surface area contributed by atoms with E-state index in [2.05, 4.69) is 4.72 Å². The maximum Gasteiger partial charge on any atom is 0.240 e. The Kier molecular flexibility index (Phi) is 4.92. The van der Waals surface area contributed by atoms with Crippen LogP contribution in [0.25, 0.3) is 0 Å². The van der Waals surface area contributed by atoms with Gasteiger partial charge in [0, 0.05) is 12.4 Å². The molecule has 0 heterocycles. The van der Waals surface area contributed by atoms with Crippen molar-refractivity contribution in [1.29, 1.82) is 0 Å². The average molecular weight is 264 g/mol. The van der Waals surface area contributed by atoms with E-state index < -0.39 is 15.8 Å². The number of halogens is 2. The molecular weight excluding hydrogens is 253 g/mol. The SMILES string of the molecule is O=S(=O)(NC/C=C/CCl)c1ccc(F)cc1. The minimum Gasteiger partial charge on any atom is -0.207 e. The lowest BCUT2D eigenvalue weighted by Crippen LogP contribution is -2.23. The third-order valence-electron chi connectivity index (χ3n) is 1.77. The van der Waals surface area contributed by atoms with Gasteiger partial charge in [0.25, 0.3) is 0 Å². The summed E-state index contributed by atoms with van der Waals surface area (Å²) in [6.07, 6.45) is 3.24. The first-order chi connectivity index (χ1) is 7.56. The first kappa shape index (κ1) is 13.2. The molecule has 0 aromatic heterocycles. The number of nitrogens with one attached hydrogen (secondary N) is 1. The highest BCUT2D eigenvalue weighted by Crippen LogP contribution is 2.08. The Hall–Kier alpha value is -0.910. The smallest absolute Gasteiger partial charge is 0.207 e. The molecule has 0 aliphatic carbocycles. The van der Waals surface area contributed by atoms with E-state index in [0.29, 0.717) is 5.88 Å². The summed E-state index contributed by atoms with van der Waals surface area (Å²) in [7, 11) is -3.57. The molecular formula is C10H11ClFNO2S. The molecule has 3 nitrogen and oxygen atoms in total. The zero-order valence-corrected chi connectivity index (χ0v) is 9.93. The van der Waals surface area contributed by atoms with Gasteiger partial charge >= 0.3 is 0 Å². The Morgan fingerprint density at radius 1 is 1.25 bits per heavy atom. The molecule has 0 bridgehead atoms. The predicted octanol–water partition coefficient (Wildman–Crippen LogP) is 1.90. The molecule has 1 rings (SSSR count). The molecule has 0 spiro atoms. The van der Waals surface area contributed by atoms with E-state index in [0.717, 1.165) is 12.1 Å². The molecule has 88 valence electrons. The molecule has 1 aromatic carbocycles. The van der Waals surface area contributed by atoms with Crippen LogP contribution in [0, 0.1) is 5.82 Å². The standard InChI is InChI=1S/C10H11ClFNO2S/c11-7-1-2-8-13-16(14,15)10-5-3-9(12)4-6-10/h1-6,13H,7-8H2/b2-1+. The van der Waals surface area contributed by atoms with Crippen molar-refractivity contribution in [2.75, 3.05) is 12.4 Å². The molecule has 0 atom stereocenters. The zero-order chi connectivity index (χ0) is 12.0. The molecule has 16 heavy (non-hydrogen) atoms. The fourth-order valence-corrected chi connectivity index (χ4v) is 2.10. The van der Waals surface area contributed by atoms with Crippen LogP contribution < -0.4 is 4.72 Å². The second kappa shape index (κ2) is 5.98. The highest BCUT2D eigenvalue weighted by Gasteiger charge is 2.11. The molecule has 0 unspecified atom stereocenters. The monoisotopic (exact) mass is 263 g/mol. The van der Waals surface area contributed by atoms with Crippen molar-refractivity contribution in [2.24, 2.45) is 0 Å². The molecule has 0 saturated heterocycles. The highest BCUT2D eigenvalue weighted by atomic mass is 35.5.